The fourth-order valence-corrected chi connectivity index (χ4v) is 2.61. The first-order chi connectivity index (χ1) is 9.20. The van der Waals surface area contributed by atoms with Crippen molar-refractivity contribution in [2.24, 2.45) is 0 Å². The molecule has 1 heterocycles. The Balaban J connectivity index is 1.97. The second-order valence-electron chi connectivity index (χ2n) is 4.57. The van der Waals surface area contributed by atoms with Crippen molar-refractivity contribution >= 4 is 16.5 Å². The molecule has 0 radical (unpaired) electrons. The van der Waals surface area contributed by atoms with Crippen LogP contribution in [0.1, 0.15) is 29.3 Å². The van der Waals surface area contributed by atoms with E-state index in [1.165, 1.54) is 11.1 Å². The van der Waals surface area contributed by atoms with Crippen LogP contribution in [-0.2, 0) is 6.61 Å². The van der Waals surface area contributed by atoms with Gasteiger partial charge in [0.2, 0.25) is 0 Å². The summed E-state index contributed by atoms with van der Waals surface area (Å²) < 4.78 is 5.91. The van der Waals surface area contributed by atoms with E-state index in [2.05, 4.69) is 49.3 Å². The summed E-state index contributed by atoms with van der Waals surface area (Å²) in [5, 5.41) is 4.26. The summed E-state index contributed by atoms with van der Waals surface area (Å²) in [5.74, 6) is 0.985. The van der Waals surface area contributed by atoms with E-state index in [1.54, 1.807) is 11.3 Å². The zero-order valence-corrected chi connectivity index (χ0v) is 12.5. The van der Waals surface area contributed by atoms with Gasteiger partial charge in [0.05, 0.1) is 4.88 Å². The van der Waals surface area contributed by atoms with Crippen molar-refractivity contribution in [1.82, 2.24) is 4.98 Å². The number of nitrogens with zero attached hydrogens (tertiary/aromatic N) is 1. The molecule has 0 saturated heterocycles. The SMILES string of the molecule is CCCNc1ncc(COc2c(C)cccc2C)s1. The number of aromatic nitrogens is 1. The lowest BCUT2D eigenvalue weighted by molar-refractivity contribution is 0.305. The quantitative estimate of drug-likeness (QED) is 0.860. The second-order valence-corrected chi connectivity index (χ2v) is 5.68. The van der Waals surface area contributed by atoms with Gasteiger partial charge < -0.3 is 10.1 Å². The van der Waals surface area contributed by atoms with E-state index < -0.39 is 0 Å². The van der Waals surface area contributed by atoms with Crippen LogP contribution in [0.25, 0.3) is 0 Å². The molecule has 0 fully saturated rings. The maximum absolute atomic E-state index is 5.91. The highest BCUT2D eigenvalue weighted by Gasteiger charge is 2.06. The number of ether oxygens (including phenoxy) is 1. The molecule has 0 amide bonds. The van der Waals surface area contributed by atoms with E-state index in [9.17, 15) is 0 Å². The Hall–Kier alpha value is -1.55. The predicted molar refractivity (Wildman–Crippen MR) is 81.1 cm³/mol. The van der Waals surface area contributed by atoms with Crippen LogP contribution in [0.2, 0.25) is 0 Å². The maximum atomic E-state index is 5.91. The van der Waals surface area contributed by atoms with Gasteiger partial charge in [0.15, 0.2) is 5.13 Å². The summed E-state index contributed by atoms with van der Waals surface area (Å²) in [6, 6.07) is 6.20. The molecule has 0 unspecified atom stereocenters. The molecular weight excluding hydrogens is 256 g/mol. The fraction of sp³-hybridized carbons (Fsp3) is 0.400. The maximum Gasteiger partial charge on any atom is 0.182 e. The fourth-order valence-electron chi connectivity index (χ4n) is 1.86. The number of thiazole rings is 1. The average molecular weight is 276 g/mol. The number of rotatable bonds is 6. The second kappa shape index (κ2) is 6.57. The van der Waals surface area contributed by atoms with Crippen molar-refractivity contribution in [2.45, 2.75) is 33.8 Å². The molecule has 102 valence electrons. The first kappa shape index (κ1) is 13.9. The highest BCUT2D eigenvalue weighted by atomic mass is 32.1. The molecule has 0 aliphatic heterocycles. The van der Waals surface area contributed by atoms with Crippen molar-refractivity contribution in [3.63, 3.8) is 0 Å². The Kier molecular flexibility index (Phi) is 4.80. The third-order valence-electron chi connectivity index (χ3n) is 2.85. The number of hydrogen-bond donors (Lipinski definition) is 1. The highest BCUT2D eigenvalue weighted by Crippen LogP contribution is 2.25. The topological polar surface area (TPSA) is 34.2 Å². The van der Waals surface area contributed by atoms with E-state index in [-0.39, 0.29) is 0 Å². The van der Waals surface area contributed by atoms with E-state index in [1.807, 2.05) is 6.20 Å². The number of aryl methyl sites for hydroxylation is 2. The number of hydrogen-bond acceptors (Lipinski definition) is 4. The molecule has 0 spiro atoms. The van der Waals surface area contributed by atoms with E-state index >= 15 is 0 Å². The number of para-hydroxylation sites is 1. The normalized spacial score (nSPS) is 10.5. The van der Waals surface area contributed by atoms with Crippen LogP contribution in [0, 0.1) is 13.8 Å². The van der Waals surface area contributed by atoms with Crippen molar-refractivity contribution in [1.29, 1.82) is 0 Å². The monoisotopic (exact) mass is 276 g/mol. The van der Waals surface area contributed by atoms with Crippen LogP contribution in [0.3, 0.4) is 0 Å². The van der Waals surface area contributed by atoms with Crippen LogP contribution < -0.4 is 10.1 Å². The van der Waals surface area contributed by atoms with Gasteiger partial charge in [-0.2, -0.15) is 0 Å². The molecule has 0 saturated carbocycles. The number of nitrogens with one attached hydrogen (secondary N) is 1. The molecule has 0 aliphatic rings. The zero-order valence-electron chi connectivity index (χ0n) is 11.7. The lowest BCUT2D eigenvalue weighted by Crippen LogP contribution is -1.98. The summed E-state index contributed by atoms with van der Waals surface area (Å²) in [7, 11) is 0. The molecule has 0 bridgehead atoms. The van der Waals surface area contributed by atoms with Gasteiger partial charge in [0, 0.05) is 12.7 Å². The third kappa shape index (κ3) is 3.70. The minimum absolute atomic E-state index is 0.581. The minimum Gasteiger partial charge on any atom is -0.487 e. The first-order valence-electron chi connectivity index (χ1n) is 6.58. The van der Waals surface area contributed by atoms with Crippen LogP contribution in [0.15, 0.2) is 24.4 Å². The van der Waals surface area contributed by atoms with Crippen molar-refractivity contribution in [2.75, 3.05) is 11.9 Å². The molecular formula is C15H20N2OS. The van der Waals surface area contributed by atoms with Gasteiger partial charge in [0.25, 0.3) is 0 Å². The number of anilines is 1. The largest absolute Gasteiger partial charge is 0.487 e. The Morgan fingerprint density at radius 3 is 2.68 bits per heavy atom. The standard InChI is InChI=1S/C15H20N2OS/c1-4-8-16-15-17-9-13(19-15)10-18-14-11(2)6-5-7-12(14)3/h5-7,9H,4,8,10H2,1-3H3,(H,16,17). The Morgan fingerprint density at radius 2 is 2.00 bits per heavy atom. The minimum atomic E-state index is 0.581. The molecule has 19 heavy (non-hydrogen) atoms. The van der Waals surface area contributed by atoms with Gasteiger partial charge in [0.1, 0.15) is 12.4 Å². The molecule has 0 aliphatic carbocycles. The summed E-state index contributed by atoms with van der Waals surface area (Å²) in [6.45, 7) is 7.83. The van der Waals surface area contributed by atoms with Gasteiger partial charge >= 0.3 is 0 Å². The smallest absolute Gasteiger partial charge is 0.182 e. The lowest BCUT2D eigenvalue weighted by Gasteiger charge is -2.10. The average Bonchev–Trinajstić information content (AvgIpc) is 2.84. The van der Waals surface area contributed by atoms with Gasteiger partial charge in [-0.05, 0) is 31.4 Å². The Bertz CT molecular complexity index is 516. The van der Waals surface area contributed by atoms with Crippen molar-refractivity contribution < 1.29 is 4.74 Å². The predicted octanol–water partition coefficient (Wildman–Crippen LogP) is 4.16. The van der Waals surface area contributed by atoms with Gasteiger partial charge in [-0.15, -0.1) is 0 Å². The zero-order chi connectivity index (χ0) is 13.7. The summed E-state index contributed by atoms with van der Waals surface area (Å²) >= 11 is 1.66. The van der Waals surface area contributed by atoms with Gasteiger partial charge in [-0.25, -0.2) is 4.98 Å². The molecule has 1 N–H and O–H groups in total. The van der Waals surface area contributed by atoms with E-state index in [4.69, 9.17) is 4.74 Å². The summed E-state index contributed by atoms with van der Waals surface area (Å²) in [5.41, 5.74) is 2.35. The Morgan fingerprint density at radius 1 is 1.26 bits per heavy atom. The van der Waals surface area contributed by atoms with E-state index in [0.29, 0.717) is 6.61 Å². The molecule has 2 aromatic rings. The molecule has 3 nitrogen and oxygen atoms in total. The molecule has 1 aromatic heterocycles. The highest BCUT2D eigenvalue weighted by molar-refractivity contribution is 7.15. The van der Waals surface area contributed by atoms with Gasteiger partial charge in [-0.3, -0.25) is 0 Å². The van der Waals surface area contributed by atoms with Crippen molar-refractivity contribution in [3.8, 4) is 5.75 Å². The number of benzene rings is 1. The van der Waals surface area contributed by atoms with Crippen LogP contribution in [0.5, 0.6) is 5.75 Å². The van der Waals surface area contributed by atoms with Crippen LogP contribution in [-0.4, -0.2) is 11.5 Å². The van der Waals surface area contributed by atoms with Crippen LogP contribution in [0.4, 0.5) is 5.13 Å². The molecule has 2 rings (SSSR count). The van der Waals surface area contributed by atoms with Crippen molar-refractivity contribution in [3.05, 3.63) is 40.4 Å². The molecule has 4 heteroatoms. The summed E-state index contributed by atoms with van der Waals surface area (Å²) in [4.78, 5) is 5.48. The van der Waals surface area contributed by atoms with E-state index in [0.717, 1.165) is 28.7 Å². The van der Waals surface area contributed by atoms with Gasteiger partial charge in [-0.1, -0.05) is 36.5 Å². The summed E-state index contributed by atoms with van der Waals surface area (Å²) in [6.07, 6.45) is 2.99. The third-order valence-corrected chi connectivity index (χ3v) is 3.78. The van der Waals surface area contributed by atoms with Crippen LogP contribution >= 0.6 is 11.3 Å². The Labute approximate surface area is 118 Å². The first-order valence-corrected chi connectivity index (χ1v) is 7.40. The molecule has 0 atom stereocenters. The lowest BCUT2D eigenvalue weighted by atomic mass is 10.1. The molecule has 1 aromatic carbocycles.